The van der Waals surface area contributed by atoms with Crippen LogP contribution in [0.2, 0.25) is 5.15 Å². The number of amides is 1. The Morgan fingerprint density at radius 2 is 2.24 bits per heavy atom. The summed E-state index contributed by atoms with van der Waals surface area (Å²) < 4.78 is 12.9. The van der Waals surface area contributed by atoms with E-state index in [0.717, 1.165) is 11.9 Å². The van der Waals surface area contributed by atoms with Crippen molar-refractivity contribution in [2.45, 2.75) is 19.3 Å². The molecule has 1 N–H and O–H groups in total. The maximum Gasteiger partial charge on any atom is 0.231 e. The van der Waals surface area contributed by atoms with Gasteiger partial charge >= 0.3 is 0 Å². The fraction of sp³-hybridized carbons (Fsp3) is 0.308. The molecule has 1 amide bonds. The van der Waals surface area contributed by atoms with Gasteiger partial charge in [-0.2, -0.15) is 4.98 Å². The predicted molar refractivity (Wildman–Crippen MR) is 73.2 cm³/mol. The smallest absolute Gasteiger partial charge is 0.231 e. The predicted octanol–water partition coefficient (Wildman–Crippen LogP) is 2.11. The molecule has 1 fully saturated rings. The fourth-order valence-electron chi connectivity index (χ4n) is 2.03. The average molecular weight is 308 g/mol. The third-order valence-corrected chi connectivity index (χ3v) is 3.47. The summed E-state index contributed by atoms with van der Waals surface area (Å²) in [6.07, 6.45) is 3.26. The van der Waals surface area contributed by atoms with Gasteiger partial charge in [-0.1, -0.05) is 11.6 Å². The molecule has 0 saturated heterocycles. The molecule has 3 rings (SSSR count). The Labute approximate surface area is 124 Å². The summed E-state index contributed by atoms with van der Waals surface area (Å²) in [6, 6.07) is 1.80. The normalized spacial score (nSPS) is 20.1. The average Bonchev–Trinajstić information content (AvgIpc) is 3.23. The third-order valence-electron chi connectivity index (χ3n) is 3.21. The van der Waals surface area contributed by atoms with Crippen molar-refractivity contribution in [3.63, 3.8) is 0 Å². The maximum atomic E-state index is 12.9. The second kappa shape index (κ2) is 5.33. The van der Waals surface area contributed by atoms with Gasteiger partial charge in [0.15, 0.2) is 11.0 Å². The van der Waals surface area contributed by atoms with E-state index in [0.29, 0.717) is 12.2 Å². The highest BCUT2D eigenvalue weighted by Gasteiger charge is 2.46. The lowest BCUT2D eigenvalue weighted by molar-refractivity contribution is -0.117. The lowest BCUT2D eigenvalue weighted by Gasteiger charge is -2.03. The molecule has 1 aliphatic carbocycles. The van der Waals surface area contributed by atoms with Crippen LogP contribution in [0.5, 0.6) is 0 Å². The first kappa shape index (κ1) is 13.8. The van der Waals surface area contributed by atoms with Crippen molar-refractivity contribution < 1.29 is 9.18 Å². The number of carbonyl (C=O) groups excluding carboxylic acids is 1. The van der Waals surface area contributed by atoms with Crippen molar-refractivity contribution in [3.05, 3.63) is 40.9 Å². The van der Waals surface area contributed by atoms with Gasteiger partial charge in [0.1, 0.15) is 5.82 Å². The Morgan fingerprint density at radius 1 is 1.43 bits per heavy atom. The van der Waals surface area contributed by atoms with Gasteiger partial charge in [-0.25, -0.2) is 19.3 Å². The Bertz CT molecular complexity index is 711. The van der Waals surface area contributed by atoms with Gasteiger partial charge in [-0.05, 0) is 19.4 Å². The number of halogens is 2. The highest BCUT2D eigenvalue weighted by molar-refractivity contribution is 6.29. The Balaban J connectivity index is 1.66. The first-order valence-corrected chi connectivity index (χ1v) is 6.71. The van der Waals surface area contributed by atoms with E-state index in [-0.39, 0.29) is 28.8 Å². The largest absolute Gasteiger partial charge is 0.294 e. The number of carbonyl (C=O) groups is 1. The number of aryl methyl sites for hydroxylation is 1. The molecule has 0 bridgehead atoms. The third kappa shape index (κ3) is 2.97. The Kier molecular flexibility index (Phi) is 3.50. The van der Waals surface area contributed by atoms with Crippen LogP contribution in [0.4, 0.5) is 10.3 Å². The summed E-state index contributed by atoms with van der Waals surface area (Å²) in [7, 11) is 0. The molecule has 108 valence electrons. The van der Waals surface area contributed by atoms with Gasteiger partial charge in [0.05, 0.1) is 6.20 Å². The van der Waals surface area contributed by atoms with Crippen molar-refractivity contribution >= 4 is 23.5 Å². The van der Waals surface area contributed by atoms with Crippen LogP contribution in [-0.2, 0) is 4.79 Å². The lowest BCUT2D eigenvalue weighted by Crippen LogP contribution is -2.17. The Hall–Kier alpha value is -2.15. The van der Waals surface area contributed by atoms with E-state index in [1.807, 2.05) is 6.92 Å². The van der Waals surface area contributed by atoms with Crippen molar-refractivity contribution in [1.82, 2.24) is 19.9 Å². The van der Waals surface area contributed by atoms with Gasteiger partial charge in [0, 0.05) is 23.7 Å². The molecule has 0 radical (unpaired) electrons. The van der Waals surface area contributed by atoms with Gasteiger partial charge in [-0.3, -0.25) is 10.1 Å². The molecule has 0 unspecified atom stereocenters. The molecule has 21 heavy (non-hydrogen) atoms. The lowest BCUT2D eigenvalue weighted by atomic mass is 10.2. The molecule has 0 spiro atoms. The number of nitrogens with zero attached hydrogens (tertiary/aromatic N) is 4. The molecule has 0 aliphatic heterocycles. The summed E-state index contributed by atoms with van der Waals surface area (Å²) in [5.74, 6) is -0.546. The summed E-state index contributed by atoms with van der Waals surface area (Å²) in [5, 5.41) is 2.19. The molecule has 2 aromatic rings. The molecule has 2 atom stereocenters. The van der Waals surface area contributed by atoms with Gasteiger partial charge in [0.25, 0.3) is 0 Å². The summed E-state index contributed by atoms with van der Waals surface area (Å²) in [5.41, 5.74) is 0.861. The van der Waals surface area contributed by atoms with Crippen LogP contribution in [0.25, 0.3) is 0 Å². The van der Waals surface area contributed by atoms with E-state index in [9.17, 15) is 9.18 Å². The van der Waals surface area contributed by atoms with Gasteiger partial charge in [-0.15, -0.1) is 0 Å². The quantitative estimate of drug-likeness (QED) is 0.878. The van der Waals surface area contributed by atoms with Crippen molar-refractivity contribution in [2.24, 2.45) is 5.92 Å². The zero-order valence-electron chi connectivity index (χ0n) is 11.0. The van der Waals surface area contributed by atoms with Crippen LogP contribution in [0, 0.1) is 18.7 Å². The van der Waals surface area contributed by atoms with E-state index in [1.54, 1.807) is 12.3 Å². The standard InChI is InChI=1S/C13H11ClFN5O/c1-6-2-3-16-11(18-6)7-4-8(7)12(21)20-13-17-5-9(15)10(14)19-13/h2-3,5,7-8H,4H2,1H3,(H,17,19,20,21)/t7-,8-/m0/s1. The zero-order chi connectivity index (χ0) is 15.0. The molecule has 6 nitrogen and oxygen atoms in total. The van der Waals surface area contributed by atoms with Crippen molar-refractivity contribution in [3.8, 4) is 0 Å². The van der Waals surface area contributed by atoms with E-state index in [1.165, 1.54) is 0 Å². The number of hydrogen-bond acceptors (Lipinski definition) is 5. The second-order valence-electron chi connectivity index (χ2n) is 4.83. The highest BCUT2D eigenvalue weighted by Crippen LogP contribution is 2.46. The van der Waals surface area contributed by atoms with Crippen LogP contribution in [0.15, 0.2) is 18.5 Å². The van der Waals surface area contributed by atoms with E-state index < -0.39 is 5.82 Å². The minimum Gasteiger partial charge on any atom is -0.294 e. The van der Waals surface area contributed by atoms with Crippen molar-refractivity contribution in [2.75, 3.05) is 5.32 Å². The topological polar surface area (TPSA) is 80.7 Å². The molecule has 2 heterocycles. The number of nitrogens with one attached hydrogen (secondary N) is 1. The molecular formula is C13H11ClFN5O. The van der Waals surface area contributed by atoms with Gasteiger partial charge in [0.2, 0.25) is 11.9 Å². The van der Waals surface area contributed by atoms with Crippen LogP contribution < -0.4 is 5.32 Å². The zero-order valence-corrected chi connectivity index (χ0v) is 11.8. The minimum absolute atomic E-state index is 0.000760. The molecule has 1 aliphatic rings. The van der Waals surface area contributed by atoms with Crippen molar-refractivity contribution in [1.29, 1.82) is 0 Å². The van der Waals surface area contributed by atoms with E-state index in [2.05, 4.69) is 25.3 Å². The second-order valence-corrected chi connectivity index (χ2v) is 5.18. The summed E-state index contributed by atoms with van der Waals surface area (Å²) in [4.78, 5) is 27.9. The maximum absolute atomic E-state index is 12.9. The van der Waals surface area contributed by atoms with Crippen LogP contribution in [-0.4, -0.2) is 25.8 Å². The molecular weight excluding hydrogens is 297 g/mol. The summed E-state index contributed by atoms with van der Waals surface area (Å²) in [6.45, 7) is 1.87. The van der Waals surface area contributed by atoms with Crippen LogP contribution >= 0.6 is 11.6 Å². The monoisotopic (exact) mass is 307 g/mol. The van der Waals surface area contributed by atoms with E-state index >= 15 is 0 Å². The molecule has 8 heteroatoms. The highest BCUT2D eigenvalue weighted by atomic mass is 35.5. The summed E-state index contributed by atoms with van der Waals surface area (Å²) >= 11 is 5.54. The minimum atomic E-state index is -0.730. The fourth-order valence-corrected chi connectivity index (χ4v) is 2.16. The van der Waals surface area contributed by atoms with Gasteiger partial charge < -0.3 is 0 Å². The SMILES string of the molecule is Cc1ccnc([C@H]2C[C@@H]2C(=O)Nc2ncc(F)c(Cl)n2)n1. The number of hydrogen-bond donors (Lipinski definition) is 1. The number of anilines is 1. The molecule has 2 aromatic heterocycles. The molecule has 0 aromatic carbocycles. The van der Waals surface area contributed by atoms with Crippen LogP contribution in [0.3, 0.4) is 0 Å². The molecule has 1 saturated carbocycles. The Morgan fingerprint density at radius 3 is 2.95 bits per heavy atom. The number of aromatic nitrogens is 4. The van der Waals surface area contributed by atoms with Crippen LogP contribution in [0.1, 0.15) is 23.9 Å². The number of rotatable bonds is 3. The first-order valence-electron chi connectivity index (χ1n) is 6.33. The van der Waals surface area contributed by atoms with E-state index in [4.69, 9.17) is 11.6 Å². The first-order chi connectivity index (χ1) is 10.0.